The van der Waals surface area contributed by atoms with E-state index in [1.807, 2.05) is 12.3 Å². The zero-order valence-electron chi connectivity index (χ0n) is 19.2. The van der Waals surface area contributed by atoms with Gasteiger partial charge in [-0.25, -0.2) is 9.97 Å². The molecular weight excluding hydrogens is 422 g/mol. The summed E-state index contributed by atoms with van der Waals surface area (Å²) in [5, 5.41) is 10.8. The Kier molecular flexibility index (Phi) is 5.27. The van der Waals surface area contributed by atoms with Crippen LogP contribution in [0.4, 0.5) is 5.95 Å². The van der Waals surface area contributed by atoms with Gasteiger partial charge in [-0.3, -0.25) is 4.90 Å². The van der Waals surface area contributed by atoms with Crippen molar-refractivity contribution in [1.29, 1.82) is 0 Å². The van der Waals surface area contributed by atoms with Crippen molar-refractivity contribution in [2.24, 2.45) is 5.73 Å². The van der Waals surface area contributed by atoms with Crippen LogP contribution in [-0.2, 0) is 5.54 Å². The first-order valence-electron chi connectivity index (χ1n) is 12.2. The van der Waals surface area contributed by atoms with Crippen LogP contribution in [0.2, 0.25) is 0 Å². The molecule has 0 spiro atoms. The lowest BCUT2D eigenvalue weighted by Gasteiger charge is -2.38. The molecule has 0 bridgehead atoms. The maximum absolute atomic E-state index is 9.86. The standard InChI is InChI=1S/C28H29N5O/c29-28(13-4-14-28)22-9-7-20(8-10-22)25-24(19-5-2-1-3-6-19)17-21-18-30-27(32-26(21)31-25)33-15-11-23(34)12-16-33/h1-3,5-10,17-18,23,34H,4,11-16,29H2/p+1. The summed E-state index contributed by atoms with van der Waals surface area (Å²) in [6.45, 7) is 1.57. The number of aromatic nitrogens is 3. The first-order valence-corrected chi connectivity index (χ1v) is 12.2. The lowest BCUT2D eigenvalue weighted by atomic mass is 9.72. The quantitative estimate of drug-likeness (QED) is 0.487. The molecule has 1 saturated carbocycles. The summed E-state index contributed by atoms with van der Waals surface area (Å²) in [4.78, 5) is 15.5. The minimum absolute atomic E-state index is 0.175. The fourth-order valence-electron chi connectivity index (χ4n) is 5.09. The Labute approximate surface area is 199 Å². The van der Waals surface area contributed by atoms with Crippen LogP contribution >= 0.6 is 0 Å². The van der Waals surface area contributed by atoms with Crippen LogP contribution in [0.15, 0.2) is 66.9 Å². The van der Waals surface area contributed by atoms with E-state index in [1.54, 1.807) is 0 Å². The highest BCUT2D eigenvalue weighted by Gasteiger charge is 2.34. The van der Waals surface area contributed by atoms with E-state index in [1.165, 1.54) is 12.0 Å². The number of fused-ring (bicyclic) bond motifs is 1. The summed E-state index contributed by atoms with van der Waals surface area (Å²) in [6, 6.07) is 21.2. The molecule has 1 aliphatic heterocycles. The second-order valence-electron chi connectivity index (χ2n) is 9.69. The maximum atomic E-state index is 9.86. The minimum atomic E-state index is -0.217. The molecule has 2 aromatic heterocycles. The van der Waals surface area contributed by atoms with Crippen molar-refractivity contribution in [2.75, 3.05) is 18.0 Å². The van der Waals surface area contributed by atoms with Gasteiger partial charge in [0.05, 0.1) is 36.5 Å². The summed E-state index contributed by atoms with van der Waals surface area (Å²) in [5.41, 5.74) is 12.5. The second-order valence-corrected chi connectivity index (χ2v) is 9.69. The number of nitrogens with two attached hydrogens (primary N) is 1. The van der Waals surface area contributed by atoms with Crippen molar-refractivity contribution in [2.45, 2.75) is 43.7 Å². The molecule has 4 aromatic rings. The largest absolute Gasteiger partial charge is 0.393 e. The van der Waals surface area contributed by atoms with Gasteiger partial charge >= 0.3 is 5.95 Å². The number of nitrogens with zero attached hydrogens (tertiary/aromatic N) is 3. The molecule has 1 saturated heterocycles. The number of aliphatic hydroxyl groups is 1. The molecule has 0 radical (unpaired) electrons. The fraction of sp³-hybridized carbons (Fsp3) is 0.321. The van der Waals surface area contributed by atoms with Crippen molar-refractivity contribution >= 4 is 17.0 Å². The number of rotatable bonds is 4. The van der Waals surface area contributed by atoms with E-state index in [9.17, 15) is 5.11 Å². The van der Waals surface area contributed by atoms with Gasteiger partial charge in [-0.15, -0.1) is 0 Å². The molecule has 6 nitrogen and oxygen atoms in total. The summed E-state index contributed by atoms with van der Waals surface area (Å²) in [7, 11) is 0. The van der Waals surface area contributed by atoms with Gasteiger partial charge in [0.15, 0.2) is 0 Å². The second kappa shape index (κ2) is 8.46. The summed E-state index contributed by atoms with van der Waals surface area (Å²) in [5.74, 6) is 0.802. The van der Waals surface area contributed by atoms with E-state index in [4.69, 9.17) is 15.7 Å². The lowest BCUT2D eigenvalue weighted by molar-refractivity contribution is -0.366. The number of H-pyrrole nitrogens is 1. The average Bonchev–Trinajstić information content (AvgIpc) is 2.87. The number of anilines is 1. The average molecular weight is 453 g/mol. The van der Waals surface area contributed by atoms with Crippen LogP contribution in [0.5, 0.6) is 0 Å². The van der Waals surface area contributed by atoms with Gasteiger partial charge in [0, 0.05) is 29.5 Å². The number of piperidine rings is 1. The van der Waals surface area contributed by atoms with E-state index in [0.29, 0.717) is 5.65 Å². The Hall–Kier alpha value is -3.35. The molecule has 2 aromatic carbocycles. The molecule has 0 amide bonds. The molecule has 3 heterocycles. The van der Waals surface area contributed by atoms with Gasteiger partial charge in [-0.2, -0.15) is 0 Å². The summed E-state index contributed by atoms with van der Waals surface area (Å²) in [6.07, 6.45) is 6.58. The molecule has 1 aliphatic carbocycles. The zero-order chi connectivity index (χ0) is 23.1. The highest BCUT2D eigenvalue weighted by molar-refractivity contribution is 5.89. The molecule has 6 heteroatoms. The van der Waals surface area contributed by atoms with Crippen LogP contribution in [-0.4, -0.2) is 34.3 Å². The van der Waals surface area contributed by atoms with E-state index in [2.05, 4.69) is 64.5 Å². The fourth-order valence-corrected chi connectivity index (χ4v) is 5.09. The van der Waals surface area contributed by atoms with Gasteiger partial charge in [-0.05, 0) is 36.5 Å². The molecule has 34 heavy (non-hydrogen) atoms. The Balaban J connectivity index is 1.44. The predicted molar refractivity (Wildman–Crippen MR) is 134 cm³/mol. The minimum Gasteiger partial charge on any atom is -0.393 e. The highest BCUT2D eigenvalue weighted by Crippen LogP contribution is 2.40. The van der Waals surface area contributed by atoms with Crippen LogP contribution in [0.25, 0.3) is 33.4 Å². The Morgan fingerprint density at radius 1 is 0.941 bits per heavy atom. The molecule has 2 aliphatic rings. The van der Waals surface area contributed by atoms with Gasteiger partial charge in [0.2, 0.25) is 5.65 Å². The van der Waals surface area contributed by atoms with Gasteiger partial charge in [0.1, 0.15) is 0 Å². The molecular formula is C28H30N5O+. The van der Waals surface area contributed by atoms with E-state index in [-0.39, 0.29) is 11.6 Å². The Bertz CT molecular complexity index is 1310. The van der Waals surface area contributed by atoms with Crippen LogP contribution in [0.1, 0.15) is 37.7 Å². The number of hydrogen-bond donors (Lipinski definition) is 2. The van der Waals surface area contributed by atoms with Crippen molar-refractivity contribution in [3.05, 3.63) is 72.4 Å². The molecule has 6 rings (SSSR count). The molecule has 4 N–H and O–H groups in total. The highest BCUT2D eigenvalue weighted by atomic mass is 16.3. The molecule has 0 atom stereocenters. The first kappa shape index (κ1) is 21.2. The Morgan fingerprint density at radius 2 is 1.68 bits per heavy atom. The van der Waals surface area contributed by atoms with E-state index >= 15 is 0 Å². The van der Waals surface area contributed by atoms with Crippen LogP contribution < -0.4 is 15.6 Å². The van der Waals surface area contributed by atoms with E-state index in [0.717, 1.165) is 72.5 Å². The zero-order valence-corrected chi connectivity index (χ0v) is 19.2. The third-order valence-electron chi connectivity index (χ3n) is 7.43. The lowest BCUT2D eigenvalue weighted by Crippen LogP contribution is -2.43. The third kappa shape index (κ3) is 3.83. The van der Waals surface area contributed by atoms with E-state index < -0.39 is 0 Å². The predicted octanol–water partition coefficient (Wildman–Crippen LogP) is 4.08. The number of nitrogens with one attached hydrogen (secondary N) is 1. The first-order chi connectivity index (χ1) is 16.6. The van der Waals surface area contributed by atoms with Crippen molar-refractivity contribution in [3.63, 3.8) is 0 Å². The number of benzene rings is 2. The normalized spacial score (nSPS) is 18.1. The van der Waals surface area contributed by atoms with Crippen LogP contribution in [0.3, 0.4) is 0 Å². The summed E-state index contributed by atoms with van der Waals surface area (Å²) < 4.78 is 0. The number of aromatic amines is 1. The third-order valence-corrected chi connectivity index (χ3v) is 7.43. The van der Waals surface area contributed by atoms with Crippen molar-refractivity contribution in [3.8, 4) is 22.4 Å². The molecule has 0 unspecified atom stereocenters. The molecule has 172 valence electrons. The van der Waals surface area contributed by atoms with Crippen LogP contribution in [0, 0.1) is 0 Å². The SMILES string of the molecule is NC1(c2ccc(-c3nc4nc(N5CCC(O)CC5)[nH+]cc4cc3-c3ccccc3)cc2)CCC1. The van der Waals surface area contributed by atoms with Gasteiger partial charge in [0.25, 0.3) is 0 Å². The van der Waals surface area contributed by atoms with Crippen molar-refractivity contribution < 1.29 is 10.1 Å². The number of aliphatic hydroxyl groups excluding tert-OH is 1. The van der Waals surface area contributed by atoms with Crippen molar-refractivity contribution in [1.82, 2.24) is 9.97 Å². The molecule has 2 fully saturated rings. The Morgan fingerprint density at radius 3 is 2.35 bits per heavy atom. The maximum Gasteiger partial charge on any atom is 0.393 e. The summed E-state index contributed by atoms with van der Waals surface area (Å²) >= 11 is 0. The topological polar surface area (TPSA) is 89.4 Å². The van der Waals surface area contributed by atoms with Gasteiger partial charge < -0.3 is 10.8 Å². The monoisotopic (exact) mass is 452 g/mol. The number of pyridine rings is 1. The number of hydrogen-bond acceptors (Lipinski definition) is 5. The van der Waals surface area contributed by atoms with Gasteiger partial charge in [-0.1, -0.05) is 59.6 Å². The smallest absolute Gasteiger partial charge is 0.393 e.